The number of ketones is 1. The van der Waals surface area contributed by atoms with Crippen molar-refractivity contribution in [2.45, 2.75) is 24.7 Å². The van der Waals surface area contributed by atoms with Gasteiger partial charge in [-0.15, -0.1) is 11.3 Å². The van der Waals surface area contributed by atoms with Gasteiger partial charge in [0.2, 0.25) is 0 Å². The molecule has 18 heavy (non-hydrogen) atoms. The summed E-state index contributed by atoms with van der Waals surface area (Å²) < 4.78 is 0. The summed E-state index contributed by atoms with van der Waals surface area (Å²) in [6.07, 6.45) is 3.02. The lowest BCUT2D eigenvalue weighted by atomic mass is 9.61. The van der Waals surface area contributed by atoms with Crippen LogP contribution in [0, 0.1) is 0 Å². The summed E-state index contributed by atoms with van der Waals surface area (Å²) in [6, 6.07) is 11.6. The third kappa shape index (κ3) is 1.80. The first-order valence-corrected chi connectivity index (χ1v) is 7.32. The van der Waals surface area contributed by atoms with Crippen molar-refractivity contribution in [3.05, 3.63) is 57.2 Å². The number of halogens is 1. The van der Waals surface area contributed by atoms with Crippen LogP contribution in [0.3, 0.4) is 0 Å². The fourth-order valence-corrected chi connectivity index (χ4v) is 3.48. The third-order valence-electron chi connectivity index (χ3n) is 3.78. The molecule has 1 nitrogen and oxygen atoms in total. The zero-order chi connectivity index (χ0) is 12.6. The van der Waals surface area contributed by atoms with Gasteiger partial charge in [-0.3, -0.25) is 4.79 Å². The molecule has 0 bridgehead atoms. The molecule has 1 aliphatic rings. The van der Waals surface area contributed by atoms with E-state index < -0.39 is 0 Å². The van der Waals surface area contributed by atoms with Gasteiger partial charge >= 0.3 is 0 Å². The number of Topliss-reactive ketones (excluding diaryl/α,β-unsaturated/α-hetero) is 1. The Labute approximate surface area is 115 Å². The zero-order valence-electron chi connectivity index (χ0n) is 9.86. The van der Waals surface area contributed by atoms with Crippen molar-refractivity contribution in [1.82, 2.24) is 0 Å². The maximum absolute atomic E-state index is 12.7. The van der Waals surface area contributed by atoms with Gasteiger partial charge in [0.05, 0.1) is 10.3 Å². The van der Waals surface area contributed by atoms with E-state index in [4.69, 9.17) is 11.6 Å². The molecule has 0 amide bonds. The van der Waals surface area contributed by atoms with Crippen molar-refractivity contribution < 1.29 is 4.79 Å². The zero-order valence-corrected chi connectivity index (χ0v) is 11.4. The highest BCUT2D eigenvalue weighted by Gasteiger charge is 2.45. The summed E-state index contributed by atoms with van der Waals surface area (Å²) in [5.41, 5.74) is 0.812. The van der Waals surface area contributed by atoms with Crippen molar-refractivity contribution in [3.8, 4) is 0 Å². The van der Waals surface area contributed by atoms with Gasteiger partial charge in [-0.05, 0) is 42.0 Å². The third-order valence-corrected chi connectivity index (χ3v) is 4.90. The largest absolute Gasteiger partial charge is 0.292 e. The quantitative estimate of drug-likeness (QED) is 0.742. The van der Waals surface area contributed by atoms with E-state index in [-0.39, 0.29) is 11.2 Å². The number of hydrogen-bond donors (Lipinski definition) is 0. The number of rotatable bonds is 3. The number of benzene rings is 1. The molecule has 0 atom stereocenters. The Kier molecular flexibility index (Phi) is 3.00. The molecule has 1 aliphatic carbocycles. The first-order chi connectivity index (χ1) is 8.72. The van der Waals surface area contributed by atoms with Crippen molar-refractivity contribution in [2.24, 2.45) is 0 Å². The van der Waals surface area contributed by atoms with Gasteiger partial charge in [0.15, 0.2) is 5.78 Å². The fourth-order valence-electron chi connectivity index (χ4n) is 2.59. The molecule has 1 fully saturated rings. The van der Waals surface area contributed by atoms with Crippen molar-refractivity contribution in [3.63, 3.8) is 0 Å². The predicted octanol–water partition coefficient (Wildman–Crippen LogP) is 4.71. The van der Waals surface area contributed by atoms with Crippen LogP contribution in [0.1, 0.15) is 34.5 Å². The number of hydrogen-bond acceptors (Lipinski definition) is 2. The number of carbonyl (C=O) groups is 1. The summed E-state index contributed by atoms with van der Waals surface area (Å²) in [5, 5.41) is 2.68. The van der Waals surface area contributed by atoms with Crippen LogP contribution in [-0.4, -0.2) is 5.78 Å². The highest BCUT2D eigenvalue weighted by atomic mass is 35.5. The Morgan fingerprint density at radius 1 is 1.17 bits per heavy atom. The topological polar surface area (TPSA) is 17.1 Å². The number of carbonyl (C=O) groups excluding carboxylic acids is 1. The van der Waals surface area contributed by atoms with E-state index in [2.05, 4.69) is 0 Å². The summed E-state index contributed by atoms with van der Waals surface area (Å²) in [4.78, 5) is 13.5. The van der Waals surface area contributed by atoms with Gasteiger partial charge in [0.1, 0.15) is 0 Å². The minimum absolute atomic E-state index is 0.270. The van der Waals surface area contributed by atoms with Crippen LogP contribution >= 0.6 is 22.9 Å². The average molecular weight is 277 g/mol. The van der Waals surface area contributed by atoms with E-state index in [9.17, 15) is 4.79 Å². The van der Waals surface area contributed by atoms with Gasteiger partial charge in [-0.2, -0.15) is 0 Å². The molecule has 0 radical (unpaired) electrons. The van der Waals surface area contributed by atoms with Gasteiger partial charge in [0, 0.05) is 5.02 Å². The summed E-state index contributed by atoms with van der Waals surface area (Å²) in [7, 11) is 0. The second-order valence-corrected chi connectivity index (χ2v) is 6.13. The van der Waals surface area contributed by atoms with E-state index in [1.54, 1.807) is 0 Å². The normalized spacial score (nSPS) is 17.2. The van der Waals surface area contributed by atoms with Crippen LogP contribution in [-0.2, 0) is 5.41 Å². The lowest BCUT2D eigenvalue weighted by molar-refractivity contribution is 0.0793. The lowest BCUT2D eigenvalue weighted by Gasteiger charge is -2.40. The van der Waals surface area contributed by atoms with Crippen LogP contribution in [0.2, 0.25) is 5.02 Å². The molecule has 2 aromatic rings. The van der Waals surface area contributed by atoms with Crippen LogP contribution in [0.4, 0.5) is 0 Å². The van der Waals surface area contributed by atoms with Gasteiger partial charge in [0.25, 0.3) is 0 Å². The Morgan fingerprint density at radius 2 is 1.89 bits per heavy atom. The Balaban J connectivity index is 2.00. The molecule has 1 heterocycles. The van der Waals surface area contributed by atoms with E-state index in [0.29, 0.717) is 0 Å². The Morgan fingerprint density at radius 3 is 2.39 bits per heavy atom. The first kappa shape index (κ1) is 11.9. The second-order valence-electron chi connectivity index (χ2n) is 4.75. The maximum Gasteiger partial charge on any atom is 0.183 e. The van der Waals surface area contributed by atoms with Crippen LogP contribution in [0.15, 0.2) is 41.8 Å². The first-order valence-electron chi connectivity index (χ1n) is 6.07. The molecule has 1 aromatic carbocycles. The molecule has 0 unspecified atom stereocenters. The van der Waals surface area contributed by atoms with Crippen molar-refractivity contribution in [2.75, 3.05) is 0 Å². The van der Waals surface area contributed by atoms with Crippen LogP contribution in [0.5, 0.6) is 0 Å². The smallest absolute Gasteiger partial charge is 0.183 e. The van der Waals surface area contributed by atoms with E-state index in [1.165, 1.54) is 11.3 Å². The average Bonchev–Trinajstić information content (AvgIpc) is 2.83. The fraction of sp³-hybridized carbons (Fsp3) is 0.267. The van der Waals surface area contributed by atoms with E-state index in [1.807, 2.05) is 41.8 Å². The Hall–Kier alpha value is -1.12. The van der Waals surface area contributed by atoms with Gasteiger partial charge < -0.3 is 0 Å². The molecule has 0 aliphatic heterocycles. The highest BCUT2D eigenvalue weighted by molar-refractivity contribution is 7.12. The lowest BCUT2D eigenvalue weighted by Crippen LogP contribution is -2.42. The van der Waals surface area contributed by atoms with E-state index in [0.717, 1.165) is 34.7 Å². The standard InChI is InChI=1S/C15H13ClOS/c16-12-6-4-11(5-7-12)15(8-2-9-15)14(17)13-3-1-10-18-13/h1,3-7,10H,2,8-9H2. The molecule has 3 heteroatoms. The summed E-state index contributed by atoms with van der Waals surface area (Å²) in [6.45, 7) is 0. The highest BCUT2D eigenvalue weighted by Crippen LogP contribution is 2.46. The number of thiophene rings is 1. The summed E-state index contributed by atoms with van der Waals surface area (Å²) in [5.74, 6) is 0.270. The molecule has 92 valence electrons. The van der Waals surface area contributed by atoms with Crippen molar-refractivity contribution in [1.29, 1.82) is 0 Å². The molecule has 1 aromatic heterocycles. The minimum Gasteiger partial charge on any atom is -0.292 e. The maximum atomic E-state index is 12.7. The molecule has 0 saturated heterocycles. The van der Waals surface area contributed by atoms with Gasteiger partial charge in [-0.1, -0.05) is 36.2 Å². The summed E-state index contributed by atoms with van der Waals surface area (Å²) >= 11 is 7.45. The Bertz CT molecular complexity index is 553. The van der Waals surface area contributed by atoms with Gasteiger partial charge in [-0.25, -0.2) is 0 Å². The molecular weight excluding hydrogens is 264 g/mol. The second kappa shape index (κ2) is 4.52. The molecule has 1 saturated carbocycles. The minimum atomic E-state index is -0.296. The predicted molar refractivity (Wildman–Crippen MR) is 75.6 cm³/mol. The monoisotopic (exact) mass is 276 g/mol. The van der Waals surface area contributed by atoms with E-state index >= 15 is 0 Å². The molecule has 0 spiro atoms. The molecular formula is C15H13ClOS. The van der Waals surface area contributed by atoms with Crippen LogP contribution < -0.4 is 0 Å². The SMILES string of the molecule is O=C(c1cccs1)C1(c2ccc(Cl)cc2)CCC1. The van der Waals surface area contributed by atoms with Crippen LogP contribution in [0.25, 0.3) is 0 Å². The molecule has 3 rings (SSSR count). The molecule has 0 N–H and O–H groups in total. The van der Waals surface area contributed by atoms with Crippen molar-refractivity contribution >= 4 is 28.7 Å².